The van der Waals surface area contributed by atoms with Gasteiger partial charge in [-0.05, 0) is 56.2 Å². The van der Waals surface area contributed by atoms with Gasteiger partial charge in [0, 0.05) is 37.1 Å². The number of benzene rings is 1. The molecule has 1 aromatic carbocycles. The molecule has 0 radical (unpaired) electrons. The molecule has 0 spiro atoms. The van der Waals surface area contributed by atoms with Crippen LogP contribution in [0, 0.1) is 5.92 Å². The number of carbonyl (C=O) groups is 1. The van der Waals surface area contributed by atoms with E-state index in [-0.39, 0.29) is 17.9 Å². The summed E-state index contributed by atoms with van der Waals surface area (Å²) in [6.45, 7) is 2.09. The van der Waals surface area contributed by atoms with Crippen LogP contribution in [0.25, 0.3) is 0 Å². The first-order valence-electron chi connectivity index (χ1n) is 9.04. The number of rotatable bonds is 6. The van der Waals surface area contributed by atoms with Crippen LogP contribution in [0.4, 0.5) is 0 Å². The monoisotopic (exact) mass is 398 g/mol. The Balaban J connectivity index is 1.52. The van der Waals surface area contributed by atoms with Crippen LogP contribution in [-0.2, 0) is 19.6 Å². The van der Waals surface area contributed by atoms with E-state index in [4.69, 9.17) is 4.74 Å². The number of hydrogen-bond donors (Lipinski definition) is 1. The normalized spacial score (nSPS) is 22.4. The number of thioether (sulfide) groups is 1. The summed E-state index contributed by atoms with van der Waals surface area (Å²) < 4.78 is 32.5. The molecule has 8 heteroatoms. The zero-order valence-electron chi connectivity index (χ0n) is 15.0. The van der Waals surface area contributed by atoms with Gasteiger partial charge >= 0.3 is 0 Å². The molecule has 0 aliphatic carbocycles. The Hall–Kier alpha value is -1.09. The Labute approximate surface area is 159 Å². The number of hydrogen-bond acceptors (Lipinski definition) is 5. The predicted molar refractivity (Wildman–Crippen MR) is 102 cm³/mol. The molecule has 2 aliphatic rings. The lowest BCUT2D eigenvalue weighted by molar-refractivity contribution is -0.126. The number of nitrogens with zero attached hydrogens (tertiary/aromatic N) is 1. The topological polar surface area (TPSA) is 75.7 Å². The fourth-order valence-electron chi connectivity index (χ4n) is 3.42. The van der Waals surface area contributed by atoms with E-state index in [1.165, 1.54) is 4.31 Å². The zero-order valence-corrected chi connectivity index (χ0v) is 16.7. The maximum absolute atomic E-state index is 12.8. The molecule has 1 amide bonds. The Bertz CT molecular complexity index is 707. The highest BCUT2D eigenvalue weighted by molar-refractivity contribution is 7.98. The molecule has 0 bridgehead atoms. The molecule has 26 heavy (non-hydrogen) atoms. The second kappa shape index (κ2) is 8.73. The summed E-state index contributed by atoms with van der Waals surface area (Å²) in [5.41, 5.74) is 0. The third kappa shape index (κ3) is 4.60. The van der Waals surface area contributed by atoms with Crippen LogP contribution < -0.4 is 5.32 Å². The first-order chi connectivity index (χ1) is 12.5. The van der Waals surface area contributed by atoms with Gasteiger partial charge in [0.15, 0.2) is 0 Å². The SMILES string of the molecule is CSc1ccc(S(=O)(=O)N2CCC(C(=O)NC[C@H]3CCCO3)CC2)cc1. The van der Waals surface area contributed by atoms with Crippen molar-refractivity contribution in [1.82, 2.24) is 9.62 Å². The van der Waals surface area contributed by atoms with Gasteiger partial charge in [0.25, 0.3) is 0 Å². The minimum absolute atomic E-state index is 0.0156. The standard InChI is InChI=1S/C18H26N2O4S2/c1-25-16-4-6-17(7-5-16)26(22,23)20-10-8-14(9-11-20)18(21)19-13-15-3-2-12-24-15/h4-7,14-15H,2-3,8-13H2,1H3,(H,19,21)/t15-/m1/s1. The van der Waals surface area contributed by atoms with Gasteiger partial charge in [0.1, 0.15) is 0 Å². The Morgan fingerprint density at radius 3 is 2.50 bits per heavy atom. The van der Waals surface area contributed by atoms with Crippen LogP contribution >= 0.6 is 11.8 Å². The number of piperidine rings is 1. The molecule has 0 unspecified atom stereocenters. The molecule has 2 saturated heterocycles. The van der Waals surface area contributed by atoms with E-state index in [9.17, 15) is 13.2 Å². The summed E-state index contributed by atoms with van der Waals surface area (Å²) in [5.74, 6) is -0.108. The molecule has 1 atom stereocenters. The quantitative estimate of drug-likeness (QED) is 0.743. The van der Waals surface area contributed by atoms with Gasteiger partial charge in [-0.15, -0.1) is 11.8 Å². The average molecular weight is 399 g/mol. The second-order valence-corrected chi connectivity index (χ2v) is 9.55. The van der Waals surface area contributed by atoms with Crippen LogP contribution in [0.5, 0.6) is 0 Å². The van der Waals surface area contributed by atoms with E-state index in [1.54, 1.807) is 23.9 Å². The van der Waals surface area contributed by atoms with Crippen molar-refractivity contribution in [3.63, 3.8) is 0 Å². The summed E-state index contributed by atoms with van der Waals surface area (Å²) in [7, 11) is -3.49. The molecule has 1 aromatic rings. The molecule has 0 aromatic heterocycles. The number of nitrogens with one attached hydrogen (secondary N) is 1. The summed E-state index contributed by atoms with van der Waals surface area (Å²) in [6, 6.07) is 6.95. The van der Waals surface area contributed by atoms with Crippen molar-refractivity contribution in [3.05, 3.63) is 24.3 Å². The highest BCUT2D eigenvalue weighted by Gasteiger charge is 2.32. The molecule has 2 fully saturated rings. The van der Waals surface area contributed by atoms with Crippen molar-refractivity contribution >= 4 is 27.7 Å². The first kappa shape index (κ1) is 19.7. The number of ether oxygens (including phenoxy) is 1. The third-order valence-corrected chi connectivity index (χ3v) is 7.71. The molecule has 0 saturated carbocycles. The van der Waals surface area contributed by atoms with Gasteiger partial charge in [-0.25, -0.2) is 8.42 Å². The fraction of sp³-hybridized carbons (Fsp3) is 0.611. The summed E-state index contributed by atoms with van der Waals surface area (Å²) >= 11 is 1.58. The first-order valence-corrected chi connectivity index (χ1v) is 11.7. The molecule has 1 N–H and O–H groups in total. The Kier molecular flexibility index (Phi) is 6.60. The van der Waals surface area contributed by atoms with E-state index in [0.29, 0.717) is 37.4 Å². The summed E-state index contributed by atoms with van der Waals surface area (Å²) in [5, 5.41) is 2.96. The van der Waals surface area contributed by atoms with Gasteiger partial charge in [0.2, 0.25) is 15.9 Å². The Morgan fingerprint density at radius 1 is 1.23 bits per heavy atom. The van der Waals surface area contributed by atoms with E-state index >= 15 is 0 Å². The van der Waals surface area contributed by atoms with Crippen molar-refractivity contribution in [1.29, 1.82) is 0 Å². The third-order valence-electron chi connectivity index (χ3n) is 5.05. The highest BCUT2D eigenvalue weighted by atomic mass is 32.2. The number of carbonyl (C=O) groups excluding carboxylic acids is 1. The predicted octanol–water partition coefficient (Wildman–Crippen LogP) is 2.10. The largest absolute Gasteiger partial charge is 0.376 e. The van der Waals surface area contributed by atoms with Crippen molar-refractivity contribution in [3.8, 4) is 0 Å². The molecular weight excluding hydrogens is 372 g/mol. The zero-order chi connectivity index (χ0) is 18.6. The van der Waals surface area contributed by atoms with E-state index in [1.807, 2.05) is 18.4 Å². The van der Waals surface area contributed by atoms with E-state index < -0.39 is 10.0 Å². The van der Waals surface area contributed by atoms with Crippen molar-refractivity contribution < 1.29 is 17.9 Å². The minimum atomic E-state index is -3.49. The maximum Gasteiger partial charge on any atom is 0.243 e. The minimum Gasteiger partial charge on any atom is -0.376 e. The fourth-order valence-corrected chi connectivity index (χ4v) is 5.30. The maximum atomic E-state index is 12.8. The van der Waals surface area contributed by atoms with Gasteiger partial charge in [-0.1, -0.05) is 0 Å². The van der Waals surface area contributed by atoms with Crippen LogP contribution in [0.1, 0.15) is 25.7 Å². The number of sulfonamides is 1. The lowest BCUT2D eigenvalue weighted by Gasteiger charge is -2.30. The van der Waals surface area contributed by atoms with E-state index in [2.05, 4.69) is 5.32 Å². The molecular formula is C18H26N2O4S2. The van der Waals surface area contributed by atoms with Crippen molar-refractivity contribution in [2.75, 3.05) is 32.5 Å². The molecule has 6 nitrogen and oxygen atoms in total. The van der Waals surface area contributed by atoms with Crippen molar-refractivity contribution in [2.45, 2.75) is 41.6 Å². The second-order valence-electron chi connectivity index (χ2n) is 6.73. The van der Waals surface area contributed by atoms with Crippen molar-refractivity contribution in [2.24, 2.45) is 5.92 Å². The molecule has 2 heterocycles. The van der Waals surface area contributed by atoms with Gasteiger partial charge < -0.3 is 10.1 Å². The van der Waals surface area contributed by atoms with Gasteiger partial charge in [-0.3, -0.25) is 4.79 Å². The van der Waals surface area contributed by atoms with Gasteiger partial charge in [0.05, 0.1) is 11.0 Å². The number of amides is 1. The summed E-state index contributed by atoms with van der Waals surface area (Å²) in [6.07, 6.45) is 5.24. The van der Waals surface area contributed by atoms with Crippen LogP contribution in [0.15, 0.2) is 34.1 Å². The lowest BCUT2D eigenvalue weighted by Crippen LogP contribution is -2.44. The summed E-state index contributed by atoms with van der Waals surface area (Å²) in [4.78, 5) is 13.7. The highest BCUT2D eigenvalue weighted by Crippen LogP contribution is 2.25. The van der Waals surface area contributed by atoms with Gasteiger partial charge in [-0.2, -0.15) is 4.31 Å². The lowest BCUT2D eigenvalue weighted by atomic mass is 9.97. The molecule has 144 valence electrons. The smallest absolute Gasteiger partial charge is 0.243 e. The van der Waals surface area contributed by atoms with Crippen LogP contribution in [-0.4, -0.2) is 57.2 Å². The Morgan fingerprint density at radius 2 is 1.92 bits per heavy atom. The van der Waals surface area contributed by atoms with Crippen LogP contribution in [0.2, 0.25) is 0 Å². The molecule has 2 aliphatic heterocycles. The molecule has 3 rings (SSSR count). The average Bonchev–Trinajstić information content (AvgIpc) is 3.20. The van der Waals surface area contributed by atoms with Crippen LogP contribution in [0.3, 0.4) is 0 Å². The van der Waals surface area contributed by atoms with E-state index in [0.717, 1.165) is 24.3 Å².